The van der Waals surface area contributed by atoms with Gasteiger partial charge >= 0.3 is 11.9 Å². The van der Waals surface area contributed by atoms with Gasteiger partial charge in [0, 0.05) is 17.5 Å². The first kappa shape index (κ1) is 22.9. The standard InChI is InChI=1S/C19H26ClNO6/c1-12(2)18(25)26-19(13(3)4)27-21(11-22)10-9-16(17(23)24)14-5-7-15(20)8-6-14/h5-8,11-13,16,19H,9-10H2,1-4H3,(H,23,24)/t16?,19-/m1/s1. The van der Waals surface area contributed by atoms with E-state index in [4.69, 9.17) is 21.2 Å². The molecule has 0 aromatic heterocycles. The molecule has 1 aromatic rings. The molecule has 2 atom stereocenters. The fraction of sp³-hybridized carbons (Fsp3) is 0.526. The summed E-state index contributed by atoms with van der Waals surface area (Å²) in [4.78, 5) is 40.2. The summed E-state index contributed by atoms with van der Waals surface area (Å²) in [6.45, 7) is 6.98. The van der Waals surface area contributed by atoms with Crippen molar-refractivity contribution in [2.75, 3.05) is 6.54 Å². The second-order valence-electron chi connectivity index (χ2n) is 6.79. The van der Waals surface area contributed by atoms with E-state index in [2.05, 4.69) is 0 Å². The average molecular weight is 400 g/mol. The Balaban J connectivity index is 2.76. The van der Waals surface area contributed by atoms with E-state index in [1.807, 2.05) is 0 Å². The van der Waals surface area contributed by atoms with Crippen LogP contribution in [0.4, 0.5) is 0 Å². The number of carbonyl (C=O) groups is 3. The summed E-state index contributed by atoms with van der Waals surface area (Å²) in [6, 6.07) is 6.49. The topological polar surface area (TPSA) is 93.1 Å². The molecule has 0 aliphatic rings. The lowest BCUT2D eigenvalue weighted by Gasteiger charge is -2.27. The molecule has 0 radical (unpaired) electrons. The molecule has 0 aliphatic heterocycles. The minimum atomic E-state index is -1.02. The lowest BCUT2D eigenvalue weighted by molar-refractivity contribution is -0.271. The third-order valence-corrected chi connectivity index (χ3v) is 4.07. The summed E-state index contributed by atoms with van der Waals surface area (Å²) < 4.78 is 5.27. The van der Waals surface area contributed by atoms with E-state index in [9.17, 15) is 19.5 Å². The first-order valence-corrected chi connectivity index (χ1v) is 9.11. The number of esters is 1. The van der Waals surface area contributed by atoms with Crippen molar-refractivity contribution in [3.63, 3.8) is 0 Å². The van der Waals surface area contributed by atoms with Crippen LogP contribution in [0.5, 0.6) is 0 Å². The van der Waals surface area contributed by atoms with E-state index in [-0.39, 0.29) is 24.8 Å². The van der Waals surface area contributed by atoms with Crippen molar-refractivity contribution in [2.45, 2.75) is 46.3 Å². The number of ether oxygens (including phenoxy) is 1. The number of halogens is 1. The molecule has 1 rings (SSSR count). The van der Waals surface area contributed by atoms with Crippen LogP contribution in [0.3, 0.4) is 0 Å². The first-order chi connectivity index (χ1) is 12.6. The zero-order valence-electron chi connectivity index (χ0n) is 15.9. The molecule has 0 aliphatic carbocycles. The van der Waals surface area contributed by atoms with E-state index in [1.165, 1.54) is 0 Å². The van der Waals surface area contributed by atoms with Gasteiger partial charge in [-0.2, -0.15) is 0 Å². The molecule has 0 saturated carbocycles. The molecule has 150 valence electrons. The van der Waals surface area contributed by atoms with E-state index < -0.39 is 24.1 Å². The monoisotopic (exact) mass is 399 g/mol. The van der Waals surface area contributed by atoms with Gasteiger partial charge in [-0.1, -0.05) is 51.4 Å². The lowest BCUT2D eigenvalue weighted by atomic mass is 9.96. The van der Waals surface area contributed by atoms with E-state index in [0.29, 0.717) is 17.0 Å². The van der Waals surface area contributed by atoms with Gasteiger partial charge in [-0.15, -0.1) is 0 Å². The first-order valence-electron chi connectivity index (χ1n) is 8.73. The van der Waals surface area contributed by atoms with Gasteiger partial charge in [-0.05, 0) is 24.1 Å². The van der Waals surface area contributed by atoms with Gasteiger partial charge in [0.2, 0.25) is 12.7 Å². The quantitative estimate of drug-likeness (QED) is 0.265. The van der Waals surface area contributed by atoms with Crippen LogP contribution >= 0.6 is 11.6 Å². The highest BCUT2D eigenvalue weighted by Crippen LogP contribution is 2.23. The van der Waals surface area contributed by atoms with Crippen LogP contribution in [-0.2, 0) is 24.0 Å². The molecule has 1 unspecified atom stereocenters. The third kappa shape index (κ3) is 7.56. The average Bonchev–Trinajstić information content (AvgIpc) is 2.60. The summed E-state index contributed by atoms with van der Waals surface area (Å²) in [5, 5.41) is 11.0. The van der Waals surface area contributed by atoms with Crippen molar-refractivity contribution in [3.05, 3.63) is 34.9 Å². The summed E-state index contributed by atoms with van der Waals surface area (Å²) in [5.74, 6) is -2.81. The van der Waals surface area contributed by atoms with Crippen molar-refractivity contribution >= 4 is 29.9 Å². The zero-order chi connectivity index (χ0) is 20.6. The van der Waals surface area contributed by atoms with Gasteiger partial charge in [0.05, 0.1) is 11.8 Å². The second-order valence-corrected chi connectivity index (χ2v) is 7.22. The zero-order valence-corrected chi connectivity index (χ0v) is 16.7. The molecule has 8 heteroatoms. The van der Waals surface area contributed by atoms with Gasteiger partial charge < -0.3 is 9.84 Å². The summed E-state index contributed by atoms with van der Waals surface area (Å²) in [6.07, 6.45) is -0.373. The van der Waals surface area contributed by atoms with Gasteiger partial charge in [-0.25, -0.2) is 9.90 Å². The fourth-order valence-corrected chi connectivity index (χ4v) is 2.30. The maximum absolute atomic E-state index is 11.8. The second kappa shape index (κ2) is 10.9. The highest BCUT2D eigenvalue weighted by atomic mass is 35.5. The van der Waals surface area contributed by atoms with Crippen molar-refractivity contribution in [1.82, 2.24) is 5.06 Å². The smallest absolute Gasteiger partial charge is 0.311 e. The maximum Gasteiger partial charge on any atom is 0.311 e. The van der Waals surface area contributed by atoms with Crippen LogP contribution in [0.25, 0.3) is 0 Å². The Kier molecular flexibility index (Phi) is 9.25. The van der Waals surface area contributed by atoms with Crippen LogP contribution in [0.15, 0.2) is 24.3 Å². The van der Waals surface area contributed by atoms with Crippen LogP contribution < -0.4 is 0 Å². The number of hydrogen-bond donors (Lipinski definition) is 1. The Morgan fingerprint density at radius 3 is 2.22 bits per heavy atom. The molecule has 0 saturated heterocycles. The van der Waals surface area contributed by atoms with E-state index in [0.717, 1.165) is 5.06 Å². The van der Waals surface area contributed by atoms with Gasteiger partial charge in [-0.3, -0.25) is 14.4 Å². The summed E-state index contributed by atoms with van der Waals surface area (Å²) in [7, 11) is 0. The molecule has 1 N–H and O–H groups in total. The van der Waals surface area contributed by atoms with E-state index >= 15 is 0 Å². The number of carbonyl (C=O) groups excluding carboxylic acids is 2. The number of hydroxylamine groups is 2. The van der Waals surface area contributed by atoms with E-state index in [1.54, 1.807) is 52.0 Å². The minimum absolute atomic E-state index is 0.0194. The number of hydrogen-bond acceptors (Lipinski definition) is 5. The van der Waals surface area contributed by atoms with Crippen LogP contribution in [0.1, 0.15) is 45.6 Å². The molecule has 0 fully saturated rings. The van der Waals surface area contributed by atoms with Gasteiger partial charge in [0.1, 0.15) is 0 Å². The Hall–Kier alpha value is -2.12. The third-order valence-electron chi connectivity index (χ3n) is 3.81. The highest BCUT2D eigenvalue weighted by Gasteiger charge is 2.26. The molecule has 0 bridgehead atoms. The fourth-order valence-electron chi connectivity index (χ4n) is 2.18. The number of carboxylic acid groups (broad SMARTS) is 1. The number of benzene rings is 1. The van der Waals surface area contributed by atoms with Gasteiger partial charge in [0.15, 0.2) is 0 Å². The van der Waals surface area contributed by atoms with Crippen LogP contribution in [0, 0.1) is 11.8 Å². The summed E-state index contributed by atoms with van der Waals surface area (Å²) in [5.41, 5.74) is 0.574. The maximum atomic E-state index is 11.8. The van der Waals surface area contributed by atoms with Crippen molar-refractivity contribution in [3.8, 4) is 0 Å². The SMILES string of the molecule is CC(C)C(=O)O[C@H](ON(C=O)CCC(C(=O)O)c1ccc(Cl)cc1)C(C)C. The number of rotatable bonds is 11. The molecule has 27 heavy (non-hydrogen) atoms. The van der Waals surface area contributed by atoms with Crippen LogP contribution in [-0.4, -0.2) is 41.4 Å². The highest BCUT2D eigenvalue weighted by molar-refractivity contribution is 6.30. The number of amides is 1. The Labute approximate surface area is 164 Å². The minimum Gasteiger partial charge on any atom is -0.481 e. The number of aliphatic carboxylic acids is 1. The molecule has 1 amide bonds. The lowest BCUT2D eigenvalue weighted by Crippen LogP contribution is -2.37. The molecule has 0 heterocycles. The molecular weight excluding hydrogens is 374 g/mol. The van der Waals surface area contributed by atoms with Crippen molar-refractivity contribution in [2.24, 2.45) is 11.8 Å². The molecule has 1 aromatic carbocycles. The van der Waals surface area contributed by atoms with Crippen LogP contribution in [0.2, 0.25) is 5.02 Å². The predicted molar refractivity (Wildman–Crippen MR) is 99.9 cm³/mol. The Morgan fingerprint density at radius 1 is 1.19 bits per heavy atom. The molecular formula is C19H26ClNO6. The summed E-state index contributed by atoms with van der Waals surface area (Å²) >= 11 is 5.83. The molecule has 0 spiro atoms. The number of nitrogens with zero attached hydrogens (tertiary/aromatic N) is 1. The number of carboxylic acids is 1. The molecule has 7 nitrogen and oxygen atoms in total. The normalized spacial score (nSPS) is 13.3. The Morgan fingerprint density at radius 2 is 1.78 bits per heavy atom. The van der Waals surface area contributed by atoms with Crippen molar-refractivity contribution < 1.29 is 29.1 Å². The largest absolute Gasteiger partial charge is 0.481 e. The predicted octanol–water partition coefficient (Wildman–Crippen LogP) is 3.47. The Bertz CT molecular complexity index is 632. The van der Waals surface area contributed by atoms with Gasteiger partial charge in [0.25, 0.3) is 0 Å². The van der Waals surface area contributed by atoms with Crippen molar-refractivity contribution in [1.29, 1.82) is 0 Å².